The summed E-state index contributed by atoms with van der Waals surface area (Å²) in [6, 6.07) is 4.68. The van der Waals surface area contributed by atoms with E-state index in [2.05, 4.69) is 11.8 Å². The molecule has 0 aromatic heterocycles. The van der Waals surface area contributed by atoms with Crippen molar-refractivity contribution in [2.75, 3.05) is 0 Å². The number of amides is 1. The number of carbonyl (C=O) groups is 1. The lowest BCUT2D eigenvalue weighted by Gasteiger charge is -1.95. The van der Waals surface area contributed by atoms with Gasteiger partial charge >= 0.3 is 0 Å². The molecule has 3 heteroatoms. The highest BCUT2D eigenvalue weighted by Crippen LogP contribution is 2.07. The number of aryl methyl sites for hydroxylation is 1. The minimum atomic E-state index is -0.481. The van der Waals surface area contributed by atoms with E-state index < -0.39 is 5.91 Å². The van der Waals surface area contributed by atoms with Crippen molar-refractivity contribution in [1.29, 1.82) is 0 Å². The minimum absolute atomic E-state index is 0.00447. The van der Waals surface area contributed by atoms with Crippen LogP contribution in [0.25, 0.3) is 0 Å². The first-order chi connectivity index (χ1) is 6.59. The Morgan fingerprint density at radius 3 is 2.86 bits per heavy atom. The number of hydrogen-bond donors (Lipinski definition) is 1. The number of primary amides is 1. The Bertz CT molecular complexity index is 415. The van der Waals surface area contributed by atoms with E-state index in [0.29, 0.717) is 11.1 Å². The fourth-order valence-corrected chi connectivity index (χ4v) is 0.904. The van der Waals surface area contributed by atoms with Gasteiger partial charge in [0.25, 0.3) is 0 Å². The molecular formula is C11H10FNO. The topological polar surface area (TPSA) is 43.1 Å². The molecule has 14 heavy (non-hydrogen) atoms. The van der Waals surface area contributed by atoms with Gasteiger partial charge in [-0.2, -0.15) is 0 Å². The molecule has 0 radical (unpaired) electrons. The van der Waals surface area contributed by atoms with Gasteiger partial charge in [0, 0.05) is 5.56 Å². The monoisotopic (exact) mass is 191 g/mol. The van der Waals surface area contributed by atoms with E-state index in [1.807, 2.05) is 0 Å². The second-order valence-corrected chi connectivity index (χ2v) is 2.91. The number of benzene rings is 1. The Kier molecular flexibility index (Phi) is 3.24. The van der Waals surface area contributed by atoms with Crippen LogP contribution in [0, 0.1) is 24.6 Å². The van der Waals surface area contributed by atoms with Crippen LogP contribution in [0.2, 0.25) is 0 Å². The van der Waals surface area contributed by atoms with Crippen molar-refractivity contribution in [3.8, 4) is 11.8 Å². The predicted molar refractivity (Wildman–Crippen MR) is 51.8 cm³/mol. The van der Waals surface area contributed by atoms with Gasteiger partial charge in [-0.15, -0.1) is 0 Å². The maximum Gasteiger partial charge on any atom is 0.229 e. The standard InChI is InChI=1S/C11H10FNO/c1-8-5-6-9(7-10(8)12)3-2-4-11(13)14/h5-7H,4H2,1H3,(H2,13,14). The third kappa shape index (κ3) is 2.91. The van der Waals surface area contributed by atoms with E-state index in [1.54, 1.807) is 19.1 Å². The first-order valence-corrected chi connectivity index (χ1v) is 4.13. The van der Waals surface area contributed by atoms with Gasteiger partial charge in [0.2, 0.25) is 5.91 Å². The van der Waals surface area contributed by atoms with Crippen LogP contribution in [0.4, 0.5) is 4.39 Å². The lowest BCUT2D eigenvalue weighted by molar-refractivity contribution is -0.117. The van der Waals surface area contributed by atoms with Crippen molar-refractivity contribution in [2.24, 2.45) is 5.73 Å². The highest BCUT2D eigenvalue weighted by Gasteiger charge is 1.96. The van der Waals surface area contributed by atoms with Crippen molar-refractivity contribution in [3.63, 3.8) is 0 Å². The summed E-state index contributed by atoms with van der Waals surface area (Å²) in [6.45, 7) is 1.68. The van der Waals surface area contributed by atoms with Crippen molar-refractivity contribution in [2.45, 2.75) is 13.3 Å². The van der Waals surface area contributed by atoms with Crippen LogP contribution in [0.3, 0.4) is 0 Å². The first-order valence-electron chi connectivity index (χ1n) is 4.13. The number of halogens is 1. The molecule has 0 aliphatic heterocycles. The normalized spacial score (nSPS) is 9.00. The van der Waals surface area contributed by atoms with Crippen molar-refractivity contribution < 1.29 is 9.18 Å². The van der Waals surface area contributed by atoms with Gasteiger partial charge in [0.1, 0.15) is 5.82 Å². The SMILES string of the molecule is Cc1ccc(C#CCC(N)=O)cc1F. The van der Waals surface area contributed by atoms with E-state index in [0.717, 1.165) is 0 Å². The van der Waals surface area contributed by atoms with E-state index >= 15 is 0 Å². The van der Waals surface area contributed by atoms with E-state index in [-0.39, 0.29) is 12.2 Å². The fourth-order valence-electron chi connectivity index (χ4n) is 0.904. The lowest BCUT2D eigenvalue weighted by atomic mass is 10.1. The molecule has 0 bridgehead atoms. The summed E-state index contributed by atoms with van der Waals surface area (Å²) in [5.74, 6) is 4.43. The third-order valence-corrected chi connectivity index (χ3v) is 1.67. The van der Waals surface area contributed by atoms with Crippen LogP contribution in [0.1, 0.15) is 17.5 Å². The van der Waals surface area contributed by atoms with Gasteiger partial charge in [-0.1, -0.05) is 17.9 Å². The highest BCUT2D eigenvalue weighted by atomic mass is 19.1. The van der Waals surface area contributed by atoms with Crippen molar-refractivity contribution in [3.05, 3.63) is 35.1 Å². The molecule has 0 aliphatic carbocycles. The van der Waals surface area contributed by atoms with Crippen LogP contribution in [-0.4, -0.2) is 5.91 Å². The third-order valence-electron chi connectivity index (χ3n) is 1.67. The molecule has 0 atom stereocenters. The van der Waals surface area contributed by atoms with Crippen molar-refractivity contribution >= 4 is 5.91 Å². The van der Waals surface area contributed by atoms with Crippen LogP contribution in [0.5, 0.6) is 0 Å². The summed E-state index contributed by atoms with van der Waals surface area (Å²) in [5, 5.41) is 0. The average Bonchev–Trinajstić information content (AvgIpc) is 2.10. The molecule has 0 saturated carbocycles. The van der Waals surface area contributed by atoms with Crippen LogP contribution in [0.15, 0.2) is 18.2 Å². The summed E-state index contributed by atoms with van der Waals surface area (Å²) < 4.78 is 13.0. The fraction of sp³-hybridized carbons (Fsp3) is 0.182. The lowest BCUT2D eigenvalue weighted by Crippen LogP contribution is -2.08. The van der Waals surface area contributed by atoms with Gasteiger partial charge < -0.3 is 5.73 Å². The summed E-state index contributed by atoms with van der Waals surface area (Å²) in [7, 11) is 0. The number of nitrogens with two attached hydrogens (primary N) is 1. The predicted octanol–water partition coefficient (Wildman–Crippen LogP) is 1.36. The quantitative estimate of drug-likeness (QED) is 0.669. The van der Waals surface area contributed by atoms with Crippen LogP contribution < -0.4 is 5.73 Å². The van der Waals surface area contributed by atoms with E-state index in [1.165, 1.54) is 6.07 Å². The zero-order chi connectivity index (χ0) is 10.6. The summed E-state index contributed by atoms with van der Waals surface area (Å²) in [5.41, 5.74) is 6.02. The van der Waals surface area contributed by atoms with Crippen molar-refractivity contribution in [1.82, 2.24) is 0 Å². The molecule has 0 saturated heterocycles. The number of rotatable bonds is 1. The zero-order valence-corrected chi connectivity index (χ0v) is 7.80. The van der Waals surface area contributed by atoms with Gasteiger partial charge in [0.15, 0.2) is 0 Å². The molecule has 1 amide bonds. The Balaban J connectivity index is 2.81. The maximum atomic E-state index is 13.0. The second kappa shape index (κ2) is 4.43. The first kappa shape index (κ1) is 10.3. The second-order valence-electron chi connectivity index (χ2n) is 2.91. The van der Waals surface area contributed by atoms with E-state index in [4.69, 9.17) is 5.73 Å². The largest absolute Gasteiger partial charge is 0.369 e. The van der Waals surface area contributed by atoms with Gasteiger partial charge in [0.05, 0.1) is 6.42 Å². The van der Waals surface area contributed by atoms with E-state index in [9.17, 15) is 9.18 Å². The Morgan fingerprint density at radius 1 is 1.57 bits per heavy atom. The maximum absolute atomic E-state index is 13.0. The number of hydrogen-bond acceptors (Lipinski definition) is 1. The van der Waals surface area contributed by atoms with Crippen LogP contribution in [-0.2, 0) is 4.79 Å². The summed E-state index contributed by atoms with van der Waals surface area (Å²) >= 11 is 0. The molecule has 72 valence electrons. The molecule has 0 unspecified atom stereocenters. The molecule has 0 aliphatic rings. The smallest absolute Gasteiger partial charge is 0.229 e. The summed E-state index contributed by atoms with van der Waals surface area (Å²) in [4.78, 5) is 10.4. The number of carbonyl (C=O) groups excluding carboxylic acids is 1. The summed E-state index contributed by atoms with van der Waals surface area (Å²) in [6.07, 6.45) is -0.00447. The molecule has 1 aromatic carbocycles. The molecule has 2 nitrogen and oxygen atoms in total. The highest BCUT2D eigenvalue weighted by molar-refractivity contribution is 5.76. The molecule has 1 aromatic rings. The van der Waals surface area contributed by atoms with Gasteiger partial charge in [-0.25, -0.2) is 4.39 Å². The zero-order valence-electron chi connectivity index (χ0n) is 7.80. The molecule has 0 fully saturated rings. The van der Waals surface area contributed by atoms with Gasteiger partial charge in [-0.3, -0.25) is 4.79 Å². The van der Waals surface area contributed by atoms with Gasteiger partial charge in [-0.05, 0) is 24.6 Å². The Labute approximate surface area is 81.9 Å². The average molecular weight is 191 g/mol. The minimum Gasteiger partial charge on any atom is -0.369 e. The molecule has 1 rings (SSSR count). The molecule has 0 spiro atoms. The Hall–Kier alpha value is -1.82. The van der Waals surface area contributed by atoms with Crippen LogP contribution >= 0.6 is 0 Å². The molecule has 2 N–H and O–H groups in total. The molecular weight excluding hydrogens is 181 g/mol. The Morgan fingerprint density at radius 2 is 2.29 bits per heavy atom. The molecule has 0 heterocycles.